The number of hydrogen-bond acceptors (Lipinski definition) is 4. The summed E-state index contributed by atoms with van der Waals surface area (Å²) < 4.78 is 12.2. The number of rotatable bonds is 3. The standard InChI is InChI=1S/C15H17N3O3/c1-10-6-12(18(3)16-10)15(19)17(2)8-11-4-5-13-14(7-11)21-9-20-13/h4-7H,8-9H2,1-3H3. The minimum absolute atomic E-state index is 0.0595. The first kappa shape index (κ1) is 13.5. The minimum Gasteiger partial charge on any atom is -0.454 e. The van der Waals surface area contributed by atoms with Crippen LogP contribution in [0.5, 0.6) is 11.5 Å². The summed E-state index contributed by atoms with van der Waals surface area (Å²) in [5.41, 5.74) is 2.40. The fourth-order valence-corrected chi connectivity index (χ4v) is 2.39. The van der Waals surface area contributed by atoms with E-state index in [1.807, 2.05) is 25.1 Å². The van der Waals surface area contributed by atoms with Crippen molar-refractivity contribution in [2.45, 2.75) is 13.5 Å². The van der Waals surface area contributed by atoms with E-state index >= 15 is 0 Å². The maximum Gasteiger partial charge on any atom is 0.272 e. The number of carbonyl (C=O) groups excluding carboxylic acids is 1. The van der Waals surface area contributed by atoms with Gasteiger partial charge in [0.15, 0.2) is 11.5 Å². The molecule has 3 rings (SSSR count). The topological polar surface area (TPSA) is 56.6 Å². The van der Waals surface area contributed by atoms with Crippen LogP contribution in [0.1, 0.15) is 21.7 Å². The largest absolute Gasteiger partial charge is 0.454 e. The molecule has 2 aromatic rings. The summed E-state index contributed by atoms with van der Waals surface area (Å²) in [7, 11) is 3.55. The quantitative estimate of drug-likeness (QED) is 0.862. The number of carbonyl (C=O) groups is 1. The first-order chi connectivity index (χ1) is 10.0. The molecule has 0 aliphatic carbocycles. The summed E-state index contributed by atoms with van der Waals surface area (Å²) in [6.45, 7) is 2.62. The van der Waals surface area contributed by atoms with Gasteiger partial charge >= 0.3 is 0 Å². The van der Waals surface area contributed by atoms with Crippen LogP contribution in [0.25, 0.3) is 0 Å². The molecular formula is C15H17N3O3. The molecular weight excluding hydrogens is 270 g/mol. The van der Waals surface area contributed by atoms with Crippen LogP contribution < -0.4 is 9.47 Å². The number of nitrogens with zero attached hydrogens (tertiary/aromatic N) is 3. The number of ether oxygens (including phenoxy) is 2. The summed E-state index contributed by atoms with van der Waals surface area (Å²) in [5, 5.41) is 4.20. The third kappa shape index (κ3) is 2.56. The van der Waals surface area contributed by atoms with Crippen LogP contribution in [0, 0.1) is 6.92 Å². The molecule has 1 amide bonds. The maximum absolute atomic E-state index is 12.4. The van der Waals surface area contributed by atoms with Crippen LogP contribution in [-0.4, -0.2) is 34.4 Å². The van der Waals surface area contributed by atoms with Gasteiger partial charge < -0.3 is 14.4 Å². The van der Waals surface area contributed by atoms with Crippen molar-refractivity contribution in [3.05, 3.63) is 41.2 Å². The van der Waals surface area contributed by atoms with Crippen LogP contribution in [0.15, 0.2) is 24.3 Å². The summed E-state index contributed by atoms with van der Waals surface area (Å²) >= 11 is 0. The molecule has 0 saturated heterocycles. The average Bonchev–Trinajstić information content (AvgIpc) is 3.03. The van der Waals surface area contributed by atoms with Crippen molar-refractivity contribution in [2.75, 3.05) is 13.8 Å². The van der Waals surface area contributed by atoms with Crippen molar-refractivity contribution >= 4 is 5.91 Å². The van der Waals surface area contributed by atoms with E-state index in [9.17, 15) is 4.79 Å². The highest BCUT2D eigenvalue weighted by molar-refractivity contribution is 5.92. The van der Waals surface area contributed by atoms with Gasteiger partial charge in [0.25, 0.3) is 5.91 Å². The molecule has 2 heterocycles. The van der Waals surface area contributed by atoms with Crippen molar-refractivity contribution in [1.29, 1.82) is 0 Å². The number of benzene rings is 1. The summed E-state index contributed by atoms with van der Waals surface area (Å²) in [6, 6.07) is 7.50. The molecule has 21 heavy (non-hydrogen) atoms. The molecule has 0 atom stereocenters. The van der Waals surface area contributed by atoms with Gasteiger partial charge in [0.05, 0.1) is 5.69 Å². The van der Waals surface area contributed by atoms with Crippen LogP contribution >= 0.6 is 0 Å². The molecule has 1 aromatic carbocycles. The lowest BCUT2D eigenvalue weighted by Crippen LogP contribution is -2.28. The number of amides is 1. The zero-order valence-corrected chi connectivity index (χ0v) is 12.3. The van der Waals surface area contributed by atoms with Crippen LogP contribution in [0.4, 0.5) is 0 Å². The zero-order valence-electron chi connectivity index (χ0n) is 12.3. The molecule has 1 aromatic heterocycles. The second kappa shape index (κ2) is 5.12. The SMILES string of the molecule is Cc1cc(C(=O)N(C)Cc2ccc3c(c2)OCO3)n(C)n1. The Labute approximate surface area is 122 Å². The van der Waals surface area contributed by atoms with Gasteiger partial charge in [-0.3, -0.25) is 9.48 Å². The van der Waals surface area contributed by atoms with Crippen molar-refractivity contribution < 1.29 is 14.3 Å². The van der Waals surface area contributed by atoms with Crippen molar-refractivity contribution in [1.82, 2.24) is 14.7 Å². The van der Waals surface area contributed by atoms with Crippen LogP contribution in [0.2, 0.25) is 0 Å². The highest BCUT2D eigenvalue weighted by atomic mass is 16.7. The zero-order chi connectivity index (χ0) is 15.0. The summed E-state index contributed by atoms with van der Waals surface area (Å²) in [5.74, 6) is 1.41. The van der Waals surface area contributed by atoms with Gasteiger partial charge in [-0.1, -0.05) is 6.07 Å². The van der Waals surface area contributed by atoms with Crippen LogP contribution in [-0.2, 0) is 13.6 Å². The number of aromatic nitrogens is 2. The highest BCUT2D eigenvalue weighted by Crippen LogP contribution is 2.32. The summed E-state index contributed by atoms with van der Waals surface area (Å²) in [4.78, 5) is 14.1. The first-order valence-electron chi connectivity index (χ1n) is 6.69. The molecule has 0 unspecified atom stereocenters. The van der Waals surface area contributed by atoms with Gasteiger partial charge in [0, 0.05) is 20.6 Å². The van der Waals surface area contributed by atoms with Crippen molar-refractivity contribution in [2.24, 2.45) is 7.05 Å². The van der Waals surface area contributed by atoms with Gasteiger partial charge in [0.2, 0.25) is 6.79 Å². The lowest BCUT2D eigenvalue weighted by molar-refractivity contribution is 0.0774. The maximum atomic E-state index is 12.4. The highest BCUT2D eigenvalue weighted by Gasteiger charge is 2.18. The van der Waals surface area contributed by atoms with Crippen molar-refractivity contribution in [3.63, 3.8) is 0 Å². The fourth-order valence-electron chi connectivity index (χ4n) is 2.39. The molecule has 110 valence electrons. The van der Waals surface area contributed by atoms with E-state index in [0.29, 0.717) is 12.2 Å². The van der Waals surface area contributed by atoms with Gasteiger partial charge in [-0.25, -0.2) is 0 Å². The van der Waals surface area contributed by atoms with Gasteiger partial charge in [0.1, 0.15) is 5.69 Å². The Bertz CT molecular complexity index is 693. The van der Waals surface area contributed by atoms with E-state index in [1.54, 1.807) is 29.7 Å². The Morgan fingerprint density at radius 1 is 1.33 bits per heavy atom. The average molecular weight is 287 g/mol. The Balaban J connectivity index is 1.75. The molecule has 0 fully saturated rings. The van der Waals surface area contributed by atoms with E-state index in [2.05, 4.69) is 5.10 Å². The smallest absolute Gasteiger partial charge is 0.272 e. The Morgan fingerprint density at radius 3 is 2.81 bits per heavy atom. The Kier molecular flexibility index (Phi) is 3.29. The predicted octanol–water partition coefficient (Wildman–Crippen LogP) is 1.73. The molecule has 0 spiro atoms. The number of aryl methyl sites for hydroxylation is 2. The van der Waals surface area contributed by atoms with E-state index in [-0.39, 0.29) is 12.7 Å². The minimum atomic E-state index is -0.0595. The first-order valence-corrected chi connectivity index (χ1v) is 6.69. The third-order valence-electron chi connectivity index (χ3n) is 3.42. The molecule has 1 aliphatic rings. The van der Waals surface area contributed by atoms with E-state index in [0.717, 1.165) is 22.8 Å². The van der Waals surface area contributed by atoms with Gasteiger partial charge in [-0.2, -0.15) is 5.10 Å². The normalized spacial score (nSPS) is 12.5. The molecule has 0 radical (unpaired) electrons. The van der Waals surface area contributed by atoms with Gasteiger partial charge in [-0.05, 0) is 30.7 Å². The van der Waals surface area contributed by atoms with Gasteiger partial charge in [-0.15, -0.1) is 0 Å². The molecule has 0 saturated carbocycles. The summed E-state index contributed by atoms with van der Waals surface area (Å²) in [6.07, 6.45) is 0. The fraction of sp³-hybridized carbons (Fsp3) is 0.333. The molecule has 0 N–H and O–H groups in total. The van der Waals surface area contributed by atoms with Crippen molar-refractivity contribution in [3.8, 4) is 11.5 Å². The molecule has 6 nitrogen and oxygen atoms in total. The number of hydrogen-bond donors (Lipinski definition) is 0. The molecule has 6 heteroatoms. The lowest BCUT2D eigenvalue weighted by Gasteiger charge is -2.17. The second-order valence-corrected chi connectivity index (χ2v) is 5.14. The molecule has 0 bridgehead atoms. The van der Waals surface area contributed by atoms with Crippen LogP contribution in [0.3, 0.4) is 0 Å². The predicted molar refractivity (Wildman–Crippen MR) is 76.3 cm³/mol. The Morgan fingerprint density at radius 2 is 2.10 bits per heavy atom. The van der Waals surface area contributed by atoms with E-state index < -0.39 is 0 Å². The molecule has 1 aliphatic heterocycles. The monoisotopic (exact) mass is 287 g/mol. The second-order valence-electron chi connectivity index (χ2n) is 5.14. The Hall–Kier alpha value is -2.50. The van der Waals surface area contributed by atoms with E-state index in [1.165, 1.54) is 0 Å². The third-order valence-corrected chi connectivity index (χ3v) is 3.42. The van der Waals surface area contributed by atoms with E-state index in [4.69, 9.17) is 9.47 Å². The number of fused-ring (bicyclic) bond motifs is 1. The lowest BCUT2D eigenvalue weighted by atomic mass is 10.2.